The largest absolute Gasteiger partial charge is 0.302 e. The lowest BCUT2D eigenvalue weighted by Gasteiger charge is -2.13. The van der Waals surface area contributed by atoms with Crippen LogP contribution in [-0.4, -0.2) is 44.8 Å². The van der Waals surface area contributed by atoms with E-state index in [4.69, 9.17) is 0 Å². The molecule has 3 aromatic heterocycles. The number of thiazole rings is 1. The molecule has 0 radical (unpaired) electrons. The van der Waals surface area contributed by atoms with E-state index in [1.165, 1.54) is 34.9 Å². The predicted molar refractivity (Wildman–Crippen MR) is 118 cm³/mol. The first-order valence-electron chi connectivity index (χ1n) is 9.01. The molecule has 0 saturated heterocycles. The van der Waals surface area contributed by atoms with E-state index >= 15 is 4.39 Å². The van der Waals surface area contributed by atoms with Crippen molar-refractivity contribution in [2.24, 2.45) is 5.92 Å². The van der Waals surface area contributed by atoms with Crippen LogP contribution in [0.15, 0.2) is 28.1 Å². The molecule has 1 amide bonds. The molecule has 30 heavy (non-hydrogen) atoms. The summed E-state index contributed by atoms with van der Waals surface area (Å²) in [4.78, 5) is 22.7. The summed E-state index contributed by atoms with van der Waals surface area (Å²) < 4.78 is 28.3. The number of aromatic nitrogens is 4. The minimum atomic E-state index is -1.06. The van der Waals surface area contributed by atoms with Gasteiger partial charge in [-0.05, 0) is 31.1 Å². The number of pyridine rings is 1. The van der Waals surface area contributed by atoms with Gasteiger partial charge in [0.1, 0.15) is 16.5 Å². The highest BCUT2D eigenvalue weighted by Crippen LogP contribution is 2.43. The minimum absolute atomic E-state index is 0.259. The maximum Gasteiger partial charge on any atom is 0.232 e. The topological polar surface area (TPSA) is 83.6 Å². The number of hydrogen-bond acceptors (Lipinski definition) is 7. The van der Waals surface area contributed by atoms with Crippen LogP contribution >= 0.6 is 34.9 Å². The predicted octanol–water partition coefficient (Wildman–Crippen LogP) is 5.11. The van der Waals surface area contributed by atoms with Gasteiger partial charge in [-0.3, -0.25) is 9.89 Å². The van der Waals surface area contributed by atoms with Crippen molar-refractivity contribution >= 4 is 67.1 Å². The van der Waals surface area contributed by atoms with Gasteiger partial charge in [0, 0.05) is 10.9 Å². The number of carbonyl (C=O) groups excluding carboxylic acids is 1. The van der Waals surface area contributed by atoms with Crippen LogP contribution in [0, 0.1) is 11.7 Å². The van der Waals surface area contributed by atoms with Crippen LogP contribution in [0.4, 0.5) is 13.9 Å². The fourth-order valence-corrected chi connectivity index (χ4v) is 5.62. The van der Waals surface area contributed by atoms with Gasteiger partial charge in [0.05, 0.1) is 33.1 Å². The SMILES string of the molecule is CSc1c(F)c(SC)c2[nH]ncc2c1-c1ccc2nc(NC(=O)[C@@H]3C[C@@H]3F)sc2n1. The summed E-state index contributed by atoms with van der Waals surface area (Å²) in [6.07, 6.45) is 4.52. The number of H-pyrrole nitrogens is 1. The Hall–Kier alpha value is -2.24. The van der Waals surface area contributed by atoms with Crippen LogP contribution in [0.1, 0.15) is 6.42 Å². The molecule has 154 valence electrons. The Morgan fingerprint density at radius 1 is 1.27 bits per heavy atom. The first kappa shape index (κ1) is 19.7. The Labute approximate surface area is 182 Å². The number of anilines is 1. The normalized spacial score (nSPS) is 18.3. The lowest BCUT2D eigenvalue weighted by Crippen LogP contribution is -2.14. The molecule has 0 aliphatic heterocycles. The average Bonchev–Trinajstić information content (AvgIpc) is 3.12. The highest BCUT2D eigenvalue weighted by atomic mass is 32.2. The third kappa shape index (κ3) is 3.15. The zero-order valence-electron chi connectivity index (χ0n) is 15.8. The van der Waals surface area contributed by atoms with Gasteiger partial charge in [0.15, 0.2) is 10.9 Å². The van der Waals surface area contributed by atoms with Gasteiger partial charge >= 0.3 is 0 Å². The highest BCUT2D eigenvalue weighted by Gasteiger charge is 2.43. The van der Waals surface area contributed by atoms with E-state index < -0.39 is 12.1 Å². The van der Waals surface area contributed by atoms with Gasteiger partial charge in [-0.25, -0.2) is 18.7 Å². The molecule has 0 unspecified atom stereocenters. The molecular formula is C19H15F2N5OS3. The molecule has 1 aliphatic rings. The van der Waals surface area contributed by atoms with Crippen LogP contribution < -0.4 is 5.32 Å². The van der Waals surface area contributed by atoms with Crippen LogP contribution in [0.5, 0.6) is 0 Å². The van der Waals surface area contributed by atoms with Gasteiger partial charge in [0.25, 0.3) is 0 Å². The molecule has 5 rings (SSSR count). The van der Waals surface area contributed by atoms with Crippen LogP contribution in [0.2, 0.25) is 0 Å². The van der Waals surface area contributed by atoms with Crippen molar-refractivity contribution in [3.05, 3.63) is 24.1 Å². The quantitative estimate of drug-likeness (QED) is 0.400. The van der Waals surface area contributed by atoms with Gasteiger partial charge in [-0.1, -0.05) is 11.3 Å². The number of rotatable bonds is 5. The zero-order valence-corrected chi connectivity index (χ0v) is 18.3. The standard InChI is InChI=1S/C19H15F2N5OS3/c1-28-15-12(8-6-22-26-14(8)16(29-2)13(15)21)10-3-4-11-18(23-10)30-19(24-11)25-17(27)7-5-9(7)20/h3-4,6-7,9H,5H2,1-2H3,(H,22,26)(H,24,25,27)/t7-,9+/m1/s1. The number of thioether (sulfide) groups is 2. The Kier molecular flexibility index (Phi) is 4.91. The molecule has 3 heterocycles. The van der Waals surface area contributed by atoms with E-state index in [0.717, 1.165) is 5.39 Å². The number of nitrogens with one attached hydrogen (secondary N) is 2. The number of nitrogens with zero attached hydrogens (tertiary/aromatic N) is 3. The number of alkyl halides is 1. The minimum Gasteiger partial charge on any atom is -0.302 e. The molecule has 1 aliphatic carbocycles. The summed E-state index contributed by atoms with van der Waals surface area (Å²) in [5.74, 6) is -1.25. The van der Waals surface area contributed by atoms with Crippen LogP contribution in [0.25, 0.3) is 32.5 Å². The number of halogens is 2. The van der Waals surface area contributed by atoms with Gasteiger partial charge in [-0.2, -0.15) is 5.10 Å². The molecular weight excluding hydrogens is 448 g/mol. The van der Waals surface area contributed by atoms with Crippen molar-refractivity contribution in [2.75, 3.05) is 17.8 Å². The van der Waals surface area contributed by atoms with Gasteiger partial charge in [-0.15, -0.1) is 23.5 Å². The van der Waals surface area contributed by atoms with Crippen molar-refractivity contribution in [2.45, 2.75) is 22.4 Å². The van der Waals surface area contributed by atoms with E-state index in [2.05, 4.69) is 25.5 Å². The maximum atomic E-state index is 15.2. The fourth-order valence-electron chi connectivity index (χ4n) is 3.37. The van der Waals surface area contributed by atoms with Crippen molar-refractivity contribution < 1.29 is 13.6 Å². The van der Waals surface area contributed by atoms with Gasteiger partial charge in [0.2, 0.25) is 5.91 Å². The number of fused-ring (bicyclic) bond motifs is 2. The van der Waals surface area contributed by atoms with Gasteiger partial charge < -0.3 is 5.32 Å². The molecule has 1 saturated carbocycles. The summed E-state index contributed by atoms with van der Waals surface area (Å²) in [5.41, 5.74) is 2.51. The van der Waals surface area contributed by atoms with Crippen molar-refractivity contribution in [1.29, 1.82) is 0 Å². The fraction of sp³-hybridized carbons (Fsp3) is 0.263. The molecule has 4 aromatic rings. The lowest BCUT2D eigenvalue weighted by molar-refractivity contribution is -0.117. The molecule has 1 aromatic carbocycles. The van der Waals surface area contributed by atoms with Crippen molar-refractivity contribution in [3.63, 3.8) is 0 Å². The van der Waals surface area contributed by atoms with Crippen molar-refractivity contribution in [3.8, 4) is 11.3 Å². The Balaban J connectivity index is 1.60. The van der Waals surface area contributed by atoms with Crippen LogP contribution in [0.3, 0.4) is 0 Å². The summed E-state index contributed by atoms with van der Waals surface area (Å²) in [5, 5.41) is 10.8. The van der Waals surface area contributed by atoms with Crippen LogP contribution in [-0.2, 0) is 4.79 Å². The molecule has 0 spiro atoms. The Morgan fingerprint density at radius 2 is 2.03 bits per heavy atom. The highest BCUT2D eigenvalue weighted by molar-refractivity contribution is 7.99. The third-order valence-electron chi connectivity index (χ3n) is 4.96. The second-order valence-corrected chi connectivity index (χ2v) is 9.41. The summed E-state index contributed by atoms with van der Waals surface area (Å²) >= 11 is 3.86. The number of hydrogen-bond donors (Lipinski definition) is 2. The number of amides is 1. The molecule has 6 nitrogen and oxygen atoms in total. The van der Waals surface area contributed by atoms with E-state index in [1.54, 1.807) is 18.3 Å². The van der Waals surface area contributed by atoms with E-state index in [1.807, 2.05) is 12.5 Å². The second-order valence-electron chi connectivity index (χ2n) is 6.80. The molecule has 2 N–H and O–H groups in total. The smallest absolute Gasteiger partial charge is 0.232 e. The van der Waals surface area contributed by atoms with E-state index in [0.29, 0.717) is 42.0 Å². The molecule has 1 fully saturated rings. The summed E-state index contributed by atoms with van der Waals surface area (Å²) in [6.45, 7) is 0. The number of benzene rings is 1. The number of carbonyl (C=O) groups is 1. The maximum absolute atomic E-state index is 15.2. The lowest BCUT2D eigenvalue weighted by atomic mass is 10.1. The molecule has 11 heteroatoms. The monoisotopic (exact) mass is 463 g/mol. The second kappa shape index (κ2) is 7.47. The average molecular weight is 464 g/mol. The summed E-state index contributed by atoms with van der Waals surface area (Å²) in [6, 6.07) is 3.57. The van der Waals surface area contributed by atoms with E-state index in [9.17, 15) is 9.18 Å². The zero-order chi connectivity index (χ0) is 21.0. The first-order valence-corrected chi connectivity index (χ1v) is 12.3. The number of aromatic amines is 1. The van der Waals surface area contributed by atoms with E-state index in [-0.39, 0.29) is 18.1 Å². The molecule has 2 atom stereocenters. The van der Waals surface area contributed by atoms with Crippen molar-refractivity contribution in [1.82, 2.24) is 20.2 Å². The first-order chi connectivity index (χ1) is 14.5. The molecule has 0 bridgehead atoms. The summed E-state index contributed by atoms with van der Waals surface area (Å²) in [7, 11) is 0. The third-order valence-corrected chi connectivity index (χ3v) is 7.42. The Morgan fingerprint density at radius 3 is 2.73 bits per heavy atom. The Bertz CT molecular complexity index is 1300.